The van der Waals surface area contributed by atoms with Crippen molar-refractivity contribution < 1.29 is 19.4 Å². The van der Waals surface area contributed by atoms with E-state index in [4.69, 9.17) is 9.47 Å². The minimum absolute atomic E-state index is 0.414. The molecule has 1 amide bonds. The van der Waals surface area contributed by atoms with Crippen LogP contribution in [-0.2, 0) is 4.74 Å². The van der Waals surface area contributed by atoms with Gasteiger partial charge in [0.1, 0.15) is 5.75 Å². The molecule has 92 valence electrons. The van der Waals surface area contributed by atoms with Gasteiger partial charge in [-0.3, -0.25) is 4.90 Å². The first-order chi connectivity index (χ1) is 8.17. The Morgan fingerprint density at radius 1 is 1.47 bits per heavy atom. The molecule has 0 radical (unpaired) electrons. The summed E-state index contributed by atoms with van der Waals surface area (Å²) in [5, 5.41) is 9.92. The van der Waals surface area contributed by atoms with Crippen molar-refractivity contribution in [2.24, 2.45) is 0 Å². The van der Waals surface area contributed by atoms with E-state index in [0.717, 1.165) is 0 Å². The number of hydrogen-bond donors (Lipinski definition) is 1. The highest BCUT2D eigenvalue weighted by atomic mass is 16.5. The summed E-state index contributed by atoms with van der Waals surface area (Å²) in [5.74, 6) is 0.662. The summed E-state index contributed by atoms with van der Waals surface area (Å²) in [6.07, 6.45) is -0.487. The number of anilines is 1. The fourth-order valence-corrected chi connectivity index (χ4v) is 2.00. The van der Waals surface area contributed by atoms with Gasteiger partial charge in [-0.15, -0.1) is 0 Å². The molecule has 1 unspecified atom stereocenters. The summed E-state index contributed by atoms with van der Waals surface area (Å²) in [7, 11) is 2.91. The number of aliphatic hydroxyl groups is 1. The molecule has 1 heterocycles. The summed E-state index contributed by atoms with van der Waals surface area (Å²) in [4.78, 5) is 13.1. The van der Waals surface area contributed by atoms with Gasteiger partial charge in [0.25, 0.3) is 0 Å². The Morgan fingerprint density at radius 2 is 2.24 bits per heavy atom. The lowest BCUT2D eigenvalue weighted by molar-refractivity contribution is 0.154. The first-order valence-electron chi connectivity index (χ1n) is 5.39. The highest BCUT2D eigenvalue weighted by molar-refractivity contribution is 5.89. The lowest BCUT2D eigenvalue weighted by atomic mass is 9.99. The number of carbonyl (C=O) groups is 1. The first kappa shape index (κ1) is 11.7. The second-order valence-corrected chi connectivity index (χ2v) is 3.85. The third kappa shape index (κ3) is 2.06. The quantitative estimate of drug-likeness (QED) is 0.807. The topological polar surface area (TPSA) is 59.0 Å². The fourth-order valence-electron chi connectivity index (χ4n) is 2.00. The molecule has 2 rings (SSSR count). The molecule has 0 aromatic heterocycles. The predicted octanol–water partition coefficient (Wildman–Crippen LogP) is 1.71. The van der Waals surface area contributed by atoms with E-state index in [2.05, 4.69) is 0 Å². The van der Waals surface area contributed by atoms with Crippen molar-refractivity contribution in [3.8, 4) is 5.75 Å². The normalized spacial score (nSPS) is 18.5. The predicted molar refractivity (Wildman–Crippen MR) is 62.3 cm³/mol. The Kier molecular flexibility index (Phi) is 3.19. The number of rotatable bonds is 1. The van der Waals surface area contributed by atoms with Crippen LogP contribution in [0, 0.1) is 0 Å². The number of ether oxygens (including phenoxy) is 2. The lowest BCUT2D eigenvalue weighted by Gasteiger charge is -2.31. The van der Waals surface area contributed by atoms with Gasteiger partial charge >= 0.3 is 6.09 Å². The van der Waals surface area contributed by atoms with Crippen molar-refractivity contribution in [3.63, 3.8) is 0 Å². The van der Waals surface area contributed by atoms with Crippen LogP contribution in [-0.4, -0.2) is 32.0 Å². The van der Waals surface area contributed by atoms with Crippen molar-refractivity contribution in [1.82, 2.24) is 0 Å². The molecule has 0 spiro atoms. The maximum atomic E-state index is 11.6. The molecule has 1 aromatic rings. The molecule has 17 heavy (non-hydrogen) atoms. The third-order valence-corrected chi connectivity index (χ3v) is 2.91. The average molecular weight is 237 g/mol. The van der Waals surface area contributed by atoms with E-state index in [1.165, 1.54) is 12.0 Å². The number of aliphatic hydroxyl groups excluding tert-OH is 1. The Balaban J connectivity index is 2.42. The van der Waals surface area contributed by atoms with Crippen LogP contribution in [0.2, 0.25) is 0 Å². The molecule has 1 N–H and O–H groups in total. The zero-order chi connectivity index (χ0) is 12.4. The van der Waals surface area contributed by atoms with Gasteiger partial charge in [-0.25, -0.2) is 4.79 Å². The number of fused-ring (bicyclic) bond motifs is 1. The van der Waals surface area contributed by atoms with Crippen molar-refractivity contribution in [1.29, 1.82) is 0 Å². The number of benzene rings is 1. The van der Waals surface area contributed by atoms with Crippen LogP contribution in [0.5, 0.6) is 5.75 Å². The third-order valence-electron chi connectivity index (χ3n) is 2.91. The largest absolute Gasteiger partial charge is 0.497 e. The summed E-state index contributed by atoms with van der Waals surface area (Å²) in [6, 6.07) is 5.26. The minimum atomic E-state index is -0.569. The van der Waals surface area contributed by atoms with Gasteiger partial charge in [0.05, 0.1) is 26.0 Å². The molecule has 1 atom stereocenters. The Bertz CT molecular complexity index is 433. The first-order valence-corrected chi connectivity index (χ1v) is 5.39. The van der Waals surface area contributed by atoms with E-state index in [1.54, 1.807) is 25.3 Å². The van der Waals surface area contributed by atoms with E-state index < -0.39 is 12.2 Å². The van der Waals surface area contributed by atoms with Crippen molar-refractivity contribution >= 4 is 11.8 Å². The van der Waals surface area contributed by atoms with E-state index in [9.17, 15) is 9.90 Å². The van der Waals surface area contributed by atoms with E-state index >= 15 is 0 Å². The Labute approximate surface area is 99.6 Å². The van der Waals surface area contributed by atoms with Gasteiger partial charge in [-0.1, -0.05) is 0 Å². The molecule has 0 fully saturated rings. The van der Waals surface area contributed by atoms with Gasteiger partial charge in [-0.05, 0) is 24.6 Å². The molecular formula is C12H15NO4. The molecule has 5 heteroatoms. The second kappa shape index (κ2) is 4.63. The number of hydrogen-bond acceptors (Lipinski definition) is 4. The SMILES string of the molecule is COC(=O)N1CCC(O)c2cc(OC)ccc21. The van der Waals surface area contributed by atoms with Crippen LogP contribution in [0.4, 0.5) is 10.5 Å². The molecule has 1 aliphatic rings. The van der Waals surface area contributed by atoms with Crippen LogP contribution in [0.1, 0.15) is 18.1 Å². The van der Waals surface area contributed by atoms with Gasteiger partial charge in [0.15, 0.2) is 0 Å². The summed E-state index contributed by atoms with van der Waals surface area (Å²) in [5.41, 5.74) is 1.37. The minimum Gasteiger partial charge on any atom is -0.497 e. The summed E-state index contributed by atoms with van der Waals surface area (Å²) >= 11 is 0. The van der Waals surface area contributed by atoms with Crippen LogP contribution >= 0.6 is 0 Å². The maximum absolute atomic E-state index is 11.6. The van der Waals surface area contributed by atoms with Crippen LogP contribution in [0.15, 0.2) is 18.2 Å². The second-order valence-electron chi connectivity index (χ2n) is 3.85. The van der Waals surface area contributed by atoms with Crippen LogP contribution < -0.4 is 9.64 Å². The highest BCUT2D eigenvalue weighted by Gasteiger charge is 2.28. The number of methoxy groups -OCH3 is 2. The monoisotopic (exact) mass is 237 g/mol. The zero-order valence-electron chi connectivity index (χ0n) is 9.84. The Hall–Kier alpha value is -1.75. The molecule has 0 aliphatic carbocycles. The highest BCUT2D eigenvalue weighted by Crippen LogP contribution is 2.36. The van der Waals surface area contributed by atoms with Gasteiger partial charge in [0, 0.05) is 12.1 Å². The van der Waals surface area contributed by atoms with Gasteiger partial charge in [-0.2, -0.15) is 0 Å². The van der Waals surface area contributed by atoms with Gasteiger partial charge < -0.3 is 14.6 Å². The average Bonchev–Trinajstić information content (AvgIpc) is 2.38. The standard InChI is InChI=1S/C12H15NO4/c1-16-8-3-4-10-9(7-8)11(14)5-6-13(10)12(15)17-2/h3-4,7,11,14H,5-6H2,1-2H3. The summed E-state index contributed by atoms with van der Waals surface area (Å²) < 4.78 is 9.82. The maximum Gasteiger partial charge on any atom is 0.414 e. The molecule has 0 saturated carbocycles. The molecule has 5 nitrogen and oxygen atoms in total. The lowest BCUT2D eigenvalue weighted by Crippen LogP contribution is -2.36. The molecule has 0 saturated heterocycles. The smallest absolute Gasteiger partial charge is 0.414 e. The van der Waals surface area contributed by atoms with Crippen molar-refractivity contribution in [2.75, 3.05) is 25.7 Å². The number of nitrogens with zero attached hydrogens (tertiary/aromatic N) is 1. The van der Waals surface area contributed by atoms with Crippen molar-refractivity contribution in [2.45, 2.75) is 12.5 Å². The molecular weight excluding hydrogens is 222 g/mol. The van der Waals surface area contributed by atoms with Gasteiger partial charge in [0.2, 0.25) is 0 Å². The molecule has 1 aliphatic heterocycles. The summed E-state index contributed by atoms with van der Waals surface area (Å²) in [6.45, 7) is 0.452. The van der Waals surface area contributed by atoms with E-state index in [-0.39, 0.29) is 0 Å². The van der Waals surface area contributed by atoms with E-state index in [1.807, 2.05) is 0 Å². The van der Waals surface area contributed by atoms with Crippen LogP contribution in [0.3, 0.4) is 0 Å². The Morgan fingerprint density at radius 3 is 2.88 bits per heavy atom. The molecule has 1 aromatic carbocycles. The number of carbonyl (C=O) groups excluding carboxylic acids is 1. The fraction of sp³-hybridized carbons (Fsp3) is 0.417. The van der Waals surface area contributed by atoms with Crippen molar-refractivity contribution in [3.05, 3.63) is 23.8 Å². The van der Waals surface area contributed by atoms with Crippen LogP contribution in [0.25, 0.3) is 0 Å². The van der Waals surface area contributed by atoms with E-state index in [0.29, 0.717) is 30.0 Å². The molecule has 0 bridgehead atoms. The zero-order valence-corrected chi connectivity index (χ0v) is 9.84. The number of amides is 1.